The molecule has 1 fully saturated rings. The summed E-state index contributed by atoms with van der Waals surface area (Å²) in [5, 5.41) is 2.13. The first kappa shape index (κ1) is 38.3. The van der Waals surface area contributed by atoms with E-state index in [-0.39, 0.29) is 34.6 Å². The fourth-order valence-electron chi connectivity index (χ4n) is 5.16. The minimum Gasteiger partial charge on any atom is -0.497 e. The van der Waals surface area contributed by atoms with Crippen LogP contribution in [0.15, 0.2) is 72.1 Å². The lowest BCUT2D eigenvalue weighted by Crippen LogP contribution is -2.25. The summed E-state index contributed by atoms with van der Waals surface area (Å²) in [5.41, 5.74) is 7.41. The first-order valence-corrected chi connectivity index (χ1v) is 18.0. The predicted molar refractivity (Wildman–Crippen MR) is 198 cm³/mol. The van der Waals surface area contributed by atoms with Crippen molar-refractivity contribution in [1.29, 1.82) is 0 Å². The topological polar surface area (TPSA) is 145 Å². The summed E-state index contributed by atoms with van der Waals surface area (Å²) < 4.78 is 29.0. The van der Waals surface area contributed by atoms with Crippen molar-refractivity contribution >= 4 is 57.1 Å². The van der Waals surface area contributed by atoms with Crippen molar-refractivity contribution in [1.82, 2.24) is 25.3 Å². The molecule has 3 aromatic heterocycles. The smallest absolute Gasteiger partial charge is 0.286 e. The average Bonchev–Trinajstić information content (AvgIpc) is 3.68. The fourth-order valence-corrected chi connectivity index (χ4v) is 7.12. The lowest BCUT2D eigenvalue weighted by atomic mass is 10.1. The monoisotopic (exact) mass is 737 g/mol. The number of benzene rings is 2. The van der Waals surface area contributed by atoms with Crippen LogP contribution in [0.4, 0.5) is 4.79 Å². The third kappa shape index (κ3) is 9.83. The molecular weight excluding hydrogens is 698 g/mol. The molecule has 1 aliphatic rings. The number of carbonyl (C=O) groups excluding carboxylic acids is 2. The molecule has 2 N–H and O–H groups in total. The van der Waals surface area contributed by atoms with Crippen molar-refractivity contribution in [2.75, 3.05) is 20.8 Å². The largest absolute Gasteiger partial charge is 0.497 e. The lowest BCUT2D eigenvalue weighted by molar-refractivity contribution is -0.118. The Balaban J connectivity index is 0.000000220. The van der Waals surface area contributed by atoms with Gasteiger partial charge in [-0.15, -0.1) is 12.4 Å². The summed E-state index contributed by atoms with van der Waals surface area (Å²) >= 11 is 1.05. The molecule has 1 saturated heterocycles. The SMILES string of the molecule is CCc1ccc(CCOc2ccc(CC3SC(=O)NC3=O)cc2)nc1.COc1ccc2nc(S(=O)Cc3ncc(C)c(OC)c3C)[nH]c2c1.Cl. The second-order valence-electron chi connectivity index (χ2n) is 11.3. The number of aryl methyl sites for hydroxylation is 2. The third-order valence-electron chi connectivity index (χ3n) is 7.93. The van der Waals surface area contributed by atoms with Crippen molar-refractivity contribution < 1.29 is 28.0 Å². The molecule has 1 aliphatic heterocycles. The van der Waals surface area contributed by atoms with Crippen molar-refractivity contribution in [3.8, 4) is 17.2 Å². The third-order valence-corrected chi connectivity index (χ3v) is 10.1. The van der Waals surface area contributed by atoms with Crippen LogP contribution in [0.2, 0.25) is 0 Å². The number of pyridine rings is 2. The average molecular weight is 738 g/mol. The number of amides is 2. The van der Waals surface area contributed by atoms with E-state index in [4.69, 9.17) is 14.2 Å². The molecule has 0 bridgehead atoms. The Bertz CT molecular complexity index is 1950. The maximum absolute atomic E-state index is 12.7. The van der Waals surface area contributed by atoms with Gasteiger partial charge in [0.1, 0.15) is 17.2 Å². The Kier molecular flexibility index (Phi) is 13.8. The summed E-state index contributed by atoms with van der Waals surface area (Å²) in [6.07, 6.45) is 5.93. The summed E-state index contributed by atoms with van der Waals surface area (Å²) in [7, 11) is 1.91. The minimum absolute atomic E-state index is 0. The molecule has 11 nitrogen and oxygen atoms in total. The van der Waals surface area contributed by atoms with Gasteiger partial charge in [-0.3, -0.25) is 29.1 Å². The van der Waals surface area contributed by atoms with E-state index in [1.165, 1.54) is 5.56 Å². The Labute approximate surface area is 304 Å². The molecule has 2 amide bonds. The molecule has 4 heterocycles. The highest BCUT2D eigenvalue weighted by Gasteiger charge is 2.31. The number of H-pyrrole nitrogens is 1. The van der Waals surface area contributed by atoms with Gasteiger partial charge in [-0.2, -0.15) is 0 Å². The van der Waals surface area contributed by atoms with E-state index in [0.717, 1.165) is 81.0 Å². The zero-order chi connectivity index (χ0) is 34.9. The molecular formula is C36H40ClN5O6S2. The second kappa shape index (κ2) is 18.0. The van der Waals surface area contributed by atoms with Crippen molar-refractivity contribution in [2.24, 2.45) is 0 Å². The molecule has 2 atom stereocenters. The molecule has 5 aromatic rings. The van der Waals surface area contributed by atoms with Crippen LogP contribution in [0, 0.1) is 13.8 Å². The number of fused-ring (bicyclic) bond motifs is 1. The normalized spacial score (nSPS) is 14.3. The number of aromatic nitrogens is 4. The number of halogens is 1. The maximum Gasteiger partial charge on any atom is 0.286 e. The van der Waals surface area contributed by atoms with Crippen molar-refractivity contribution in [3.63, 3.8) is 0 Å². The van der Waals surface area contributed by atoms with Gasteiger partial charge in [-0.1, -0.05) is 36.9 Å². The van der Waals surface area contributed by atoms with E-state index >= 15 is 0 Å². The number of nitrogens with one attached hydrogen (secondary N) is 2. The number of rotatable bonds is 12. The van der Waals surface area contributed by atoms with E-state index in [1.54, 1.807) is 20.4 Å². The van der Waals surface area contributed by atoms with E-state index in [2.05, 4.69) is 38.2 Å². The number of nitrogens with zero attached hydrogens (tertiary/aromatic N) is 3. The quantitative estimate of drug-likeness (QED) is 0.146. The highest BCUT2D eigenvalue weighted by atomic mass is 35.5. The Hall–Kier alpha value is -4.46. The zero-order valence-electron chi connectivity index (χ0n) is 28.5. The molecule has 2 aromatic carbocycles. The molecule has 264 valence electrons. The number of imidazole rings is 1. The van der Waals surface area contributed by atoms with E-state index in [0.29, 0.717) is 18.2 Å². The van der Waals surface area contributed by atoms with Gasteiger partial charge in [0.05, 0.1) is 59.4 Å². The van der Waals surface area contributed by atoms with Crippen LogP contribution >= 0.6 is 24.2 Å². The molecule has 50 heavy (non-hydrogen) atoms. The Morgan fingerprint density at radius 1 is 0.920 bits per heavy atom. The molecule has 0 radical (unpaired) electrons. The highest BCUT2D eigenvalue weighted by Crippen LogP contribution is 2.27. The van der Waals surface area contributed by atoms with Gasteiger partial charge in [-0.25, -0.2) is 4.98 Å². The molecule has 14 heteroatoms. The Morgan fingerprint density at radius 3 is 2.30 bits per heavy atom. The molecule has 0 spiro atoms. The molecule has 6 rings (SSSR count). The van der Waals surface area contributed by atoms with Crippen molar-refractivity contribution in [3.05, 3.63) is 101 Å². The summed E-state index contributed by atoms with van der Waals surface area (Å²) in [4.78, 5) is 39.1. The number of hydrogen-bond acceptors (Lipinski definition) is 10. The minimum atomic E-state index is -1.33. The van der Waals surface area contributed by atoms with E-state index in [1.807, 2.05) is 68.6 Å². The number of imide groups is 1. The first-order chi connectivity index (χ1) is 23.7. The number of methoxy groups -OCH3 is 2. The van der Waals surface area contributed by atoms with Crippen LogP contribution < -0.4 is 19.5 Å². The van der Waals surface area contributed by atoms with Gasteiger partial charge in [0.2, 0.25) is 5.91 Å². The van der Waals surface area contributed by atoms with Gasteiger partial charge in [-0.05, 0) is 68.1 Å². The highest BCUT2D eigenvalue weighted by molar-refractivity contribution is 8.15. The van der Waals surface area contributed by atoms with E-state index in [9.17, 15) is 13.8 Å². The number of hydrogen-bond donors (Lipinski definition) is 2. The summed E-state index contributed by atoms with van der Waals surface area (Å²) in [6.45, 7) is 6.54. The number of ether oxygens (including phenoxy) is 3. The standard InChI is InChI=1S/C19H20N2O3S.C17H19N3O3S.ClH/c1-2-13-3-6-15(20-12-13)9-10-24-16-7-4-14(5-8-16)11-17-18(22)21-19(23)25-17;1-10-8-18-15(11(2)16(10)23-4)9-24(21)17-19-13-6-5-12(22-3)7-14(13)20-17;/h3-8,12,17H,2,9-11H2,1H3,(H,21,22,23);5-8H,9H2,1-4H3,(H,19,20);1H. The zero-order valence-corrected chi connectivity index (χ0v) is 30.9. The summed E-state index contributed by atoms with van der Waals surface area (Å²) in [5.74, 6) is 2.36. The van der Waals surface area contributed by atoms with Crippen LogP contribution in [-0.4, -0.2) is 61.4 Å². The van der Waals surface area contributed by atoms with Crippen LogP contribution in [0.1, 0.15) is 40.6 Å². The Morgan fingerprint density at radius 2 is 1.66 bits per heavy atom. The first-order valence-electron chi connectivity index (χ1n) is 15.8. The fraction of sp³-hybridized carbons (Fsp3) is 0.306. The van der Waals surface area contributed by atoms with Crippen LogP contribution in [0.25, 0.3) is 11.0 Å². The van der Waals surface area contributed by atoms with Gasteiger partial charge < -0.3 is 19.2 Å². The van der Waals surface area contributed by atoms with Crippen LogP contribution in [0.5, 0.6) is 17.2 Å². The van der Waals surface area contributed by atoms with E-state index < -0.39 is 10.8 Å². The van der Waals surface area contributed by atoms with Crippen LogP contribution in [-0.2, 0) is 40.6 Å². The van der Waals surface area contributed by atoms with Gasteiger partial charge in [0.25, 0.3) is 5.24 Å². The predicted octanol–water partition coefficient (Wildman–Crippen LogP) is 6.48. The molecule has 0 saturated carbocycles. The number of carbonyl (C=O) groups is 2. The van der Waals surface area contributed by atoms with Crippen LogP contribution in [0.3, 0.4) is 0 Å². The molecule has 0 aliphatic carbocycles. The maximum atomic E-state index is 12.7. The lowest BCUT2D eigenvalue weighted by Gasteiger charge is -2.11. The summed E-state index contributed by atoms with van der Waals surface area (Å²) in [6, 6.07) is 17.3. The molecule has 2 unspecified atom stereocenters. The van der Waals surface area contributed by atoms with Gasteiger partial charge in [0, 0.05) is 41.7 Å². The van der Waals surface area contributed by atoms with Crippen molar-refractivity contribution in [2.45, 2.75) is 56.2 Å². The number of aromatic amines is 1. The van der Waals surface area contributed by atoms with Gasteiger partial charge >= 0.3 is 0 Å². The van der Waals surface area contributed by atoms with Gasteiger partial charge in [0.15, 0.2) is 5.16 Å². The number of thioether (sulfide) groups is 1. The second-order valence-corrected chi connectivity index (χ2v) is 13.8.